The van der Waals surface area contributed by atoms with Crippen molar-refractivity contribution in [3.05, 3.63) is 125 Å². The van der Waals surface area contributed by atoms with Crippen LogP contribution in [0.2, 0.25) is 0 Å². The molecule has 0 saturated carbocycles. The average molecular weight is 648 g/mol. The van der Waals surface area contributed by atoms with Crippen molar-refractivity contribution in [3.8, 4) is 0 Å². The molecule has 0 spiro atoms. The maximum absolute atomic E-state index is 15.1. The van der Waals surface area contributed by atoms with E-state index in [4.69, 9.17) is 4.74 Å². The lowest BCUT2D eigenvalue weighted by Gasteiger charge is -2.37. The first-order valence-electron chi connectivity index (χ1n) is 14.8. The SMILES string of the molecule is O=C(C[C@H](c1ccccc1)c1ccc(F)cc1)Nc1cncc(F)c1CCC1CN(C(=O)O)C(c2nc3cc(F)c(F)cc3[nH]2)CO1. The van der Waals surface area contributed by atoms with Gasteiger partial charge in [0, 0.05) is 30.0 Å². The van der Waals surface area contributed by atoms with E-state index >= 15 is 4.39 Å². The normalized spacial score (nSPS) is 17.1. The van der Waals surface area contributed by atoms with E-state index in [0.717, 1.165) is 34.4 Å². The molecule has 1 saturated heterocycles. The van der Waals surface area contributed by atoms with Crippen LogP contribution < -0.4 is 5.32 Å². The van der Waals surface area contributed by atoms with E-state index in [0.29, 0.717) is 0 Å². The molecule has 3 heterocycles. The minimum atomic E-state index is -1.25. The number of amides is 2. The smallest absolute Gasteiger partial charge is 0.408 e. The summed E-state index contributed by atoms with van der Waals surface area (Å²) < 4.78 is 62.0. The number of morpholine rings is 1. The van der Waals surface area contributed by atoms with E-state index in [1.54, 1.807) is 12.1 Å². The maximum atomic E-state index is 15.1. The van der Waals surface area contributed by atoms with Crippen LogP contribution in [0, 0.1) is 23.3 Å². The number of rotatable bonds is 9. The number of aromatic amines is 1. The highest BCUT2D eigenvalue weighted by Gasteiger charge is 2.35. The van der Waals surface area contributed by atoms with Gasteiger partial charge in [0.2, 0.25) is 5.91 Å². The van der Waals surface area contributed by atoms with E-state index in [9.17, 15) is 27.9 Å². The van der Waals surface area contributed by atoms with Crippen LogP contribution in [0.4, 0.5) is 28.0 Å². The summed E-state index contributed by atoms with van der Waals surface area (Å²) in [6.07, 6.45) is 0.796. The van der Waals surface area contributed by atoms with Crippen LogP contribution in [0.15, 0.2) is 79.1 Å². The van der Waals surface area contributed by atoms with Crippen LogP contribution in [0.5, 0.6) is 0 Å². The largest absolute Gasteiger partial charge is 0.465 e. The third kappa shape index (κ3) is 7.09. The van der Waals surface area contributed by atoms with Crippen LogP contribution in [-0.2, 0) is 16.0 Å². The average Bonchev–Trinajstić information content (AvgIpc) is 3.46. The molecule has 5 aromatic rings. The highest BCUT2D eigenvalue weighted by molar-refractivity contribution is 5.92. The van der Waals surface area contributed by atoms with Crippen LogP contribution in [0.25, 0.3) is 11.0 Å². The molecule has 1 aliphatic heterocycles. The summed E-state index contributed by atoms with van der Waals surface area (Å²) in [5.74, 6) is -3.81. The zero-order valence-corrected chi connectivity index (χ0v) is 24.8. The number of hydrogen-bond acceptors (Lipinski definition) is 5. The fraction of sp³-hybridized carbons (Fsp3) is 0.235. The highest BCUT2D eigenvalue weighted by Crippen LogP contribution is 2.31. The quantitative estimate of drug-likeness (QED) is 0.153. The first-order chi connectivity index (χ1) is 22.7. The topological polar surface area (TPSA) is 120 Å². The second-order valence-electron chi connectivity index (χ2n) is 11.3. The molecule has 2 aromatic heterocycles. The number of carbonyl (C=O) groups excluding carboxylic acids is 1. The summed E-state index contributed by atoms with van der Waals surface area (Å²) in [6, 6.07) is 16.2. The molecular formula is C34H29F4N5O4. The van der Waals surface area contributed by atoms with Gasteiger partial charge < -0.3 is 20.1 Å². The van der Waals surface area contributed by atoms with Crippen molar-refractivity contribution in [3.63, 3.8) is 0 Å². The molecule has 2 amide bonds. The van der Waals surface area contributed by atoms with Gasteiger partial charge in [0.1, 0.15) is 23.5 Å². The number of imidazole rings is 1. The predicted octanol–water partition coefficient (Wildman–Crippen LogP) is 6.73. The molecule has 3 atom stereocenters. The first kappa shape index (κ1) is 31.7. The number of H-pyrrole nitrogens is 1. The molecule has 13 heteroatoms. The maximum Gasteiger partial charge on any atom is 0.408 e. The number of nitrogens with one attached hydrogen (secondary N) is 2. The molecule has 1 aliphatic rings. The van der Waals surface area contributed by atoms with Crippen LogP contribution in [-0.4, -0.2) is 56.2 Å². The van der Waals surface area contributed by atoms with Gasteiger partial charge in [0.05, 0.1) is 48.4 Å². The molecular weight excluding hydrogens is 618 g/mol. The van der Waals surface area contributed by atoms with Crippen LogP contribution in [0.3, 0.4) is 0 Å². The zero-order valence-electron chi connectivity index (χ0n) is 24.8. The molecule has 0 radical (unpaired) electrons. The standard InChI is InChI=1S/C34H29F4N5O4/c35-21-8-6-20(7-9-21)24(19-4-2-1-3-5-19)12-32(44)40-30-16-39-15-27(38)23(30)11-10-22-17-43(34(45)46)31(18-47-22)33-41-28-13-25(36)26(37)14-29(28)42-33/h1-9,13-16,22,24,31H,10-12,17-18H2,(H,40,44)(H,41,42)(H,45,46)/t22?,24-,31?/m1/s1. The lowest BCUT2D eigenvalue weighted by atomic mass is 9.88. The van der Waals surface area contributed by atoms with Crippen molar-refractivity contribution < 1.29 is 37.0 Å². The summed E-state index contributed by atoms with van der Waals surface area (Å²) >= 11 is 0. The number of aromatic nitrogens is 3. The summed E-state index contributed by atoms with van der Waals surface area (Å²) in [7, 11) is 0. The summed E-state index contributed by atoms with van der Waals surface area (Å²) in [6.45, 7) is -0.182. The van der Waals surface area contributed by atoms with Gasteiger partial charge in [-0.1, -0.05) is 42.5 Å². The van der Waals surface area contributed by atoms with Crippen molar-refractivity contribution in [2.75, 3.05) is 18.5 Å². The number of fused-ring (bicyclic) bond motifs is 1. The summed E-state index contributed by atoms with van der Waals surface area (Å²) in [5.41, 5.74) is 2.29. The van der Waals surface area contributed by atoms with E-state index in [1.165, 1.54) is 18.3 Å². The molecule has 6 rings (SSSR count). The van der Waals surface area contributed by atoms with Gasteiger partial charge in [-0.25, -0.2) is 27.3 Å². The Labute approximate surface area is 266 Å². The number of halogens is 4. The van der Waals surface area contributed by atoms with E-state index < -0.39 is 53.3 Å². The van der Waals surface area contributed by atoms with Gasteiger partial charge in [-0.3, -0.25) is 14.7 Å². The zero-order chi connectivity index (χ0) is 33.1. The van der Waals surface area contributed by atoms with Crippen molar-refractivity contribution in [2.24, 2.45) is 0 Å². The lowest BCUT2D eigenvalue weighted by Crippen LogP contribution is -2.47. The fourth-order valence-electron chi connectivity index (χ4n) is 5.84. The van der Waals surface area contributed by atoms with Gasteiger partial charge in [-0.15, -0.1) is 0 Å². The molecule has 9 nitrogen and oxygen atoms in total. The van der Waals surface area contributed by atoms with Gasteiger partial charge in [0.15, 0.2) is 11.6 Å². The van der Waals surface area contributed by atoms with Crippen LogP contribution in [0.1, 0.15) is 47.3 Å². The van der Waals surface area contributed by atoms with Gasteiger partial charge >= 0.3 is 6.09 Å². The van der Waals surface area contributed by atoms with E-state index in [1.807, 2.05) is 30.3 Å². The van der Waals surface area contributed by atoms with Gasteiger partial charge in [-0.05, 0) is 36.1 Å². The number of hydrogen-bond donors (Lipinski definition) is 3. The molecule has 1 fully saturated rings. The number of carboxylic acid groups (broad SMARTS) is 1. The number of nitrogens with zero attached hydrogens (tertiary/aromatic N) is 3. The monoisotopic (exact) mass is 647 g/mol. The fourth-order valence-corrected chi connectivity index (χ4v) is 5.84. The lowest BCUT2D eigenvalue weighted by molar-refractivity contribution is -0.116. The molecule has 0 aliphatic carbocycles. The minimum absolute atomic E-state index is 0.00658. The van der Waals surface area contributed by atoms with E-state index in [-0.39, 0.29) is 60.5 Å². The highest BCUT2D eigenvalue weighted by atomic mass is 19.2. The molecule has 2 unspecified atom stereocenters. The van der Waals surface area contributed by atoms with Crippen LogP contribution >= 0.6 is 0 Å². The second kappa shape index (κ2) is 13.6. The molecule has 3 aromatic carbocycles. The Morgan fingerprint density at radius 3 is 2.45 bits per heavy atom. The Morgan fingerprint density at radius 1 is 0.979 bits per heavy atom. The Bertz CT molecular complexity index is 1870. The Kier molecular flexibility index (Phi) is 9.16. The summed E-state index contributed by atoms with van der Waals surface area (Å²) in [4.78, 5) is 37.6. The summed E-state index contributed by atoms with van der Waals surface area (Å²) in [5, 5.41) is 12.7. The van der Waals surface area contributed by atoms with Crippen molar-refractivity contribution >= 4 is 28.7 Å². The number of ether oxygens (including phenoxy) is 1. The van der Waals surface area contributed by atoms with E-state index in [2.05, 4.69) is 20.3 Å². The number of anilines is 1. The third-order valence-corrected chi connectivity index (χ3v) is 8.23. The number of carbonyl (C=O) groups is 2. The molecule has 0 bridgehead atoms. The van der Waals surface area contributed by atoms with Gasteiger partial charge in [-0.2, -0.15) is 0 Å². The second-order valence-corrected chi connectivity index (χ2v) is 11.3. The van der Waals surface area contributed by atoms with Crippen molar-refractivity contribution in [1.29, 1.82) is 0 Å². The van der Waals surface area contributed by atoms with Gasteiger partial charge in [0.25, 0.3) is 0 Å². The number of pyridine rings is 1. The molecule has 47 heavy (non-hydrogen) atoms. The predicted molar refractivity (Wildman–Crippen MR) is 164 cm³/mol. The van der Waals surface area contributed by atoms with Crippen molar-refractivity contribution in [1.82, 2.24) is 19.9 Å². The first-order valence-corrected chi connectivity index (χ1v) is 14.8. The Balaban J connectivity index is 1.14. The Morgan fingerprint density at radius 2 is 1.70 bits per heavy atom. The molecule has 242 valence electrons. The minimum Gasteiger partial charge on any atom is -0.465 e. The Hall–Kier alpha value is -5.30. The van der Waals surface area contributed by atoms with Crippen molar-refractivity contribution in [2.45, 2.75) is 37.3 Å². The third-order valence-electron chi connectivity index (χ3n) is 8.23. The molecule has 3 N–H and O–H groups in total. The number of benzene rings is 3.